The normalized spacial score (nSPS) is 12.3. The van der Waals surface area contributed by atoms with Crippen molar-refractivity contribution in [3.63, 3.8) is 0 Å². The summed E-state index contributed by atoms with van der Waals surface area (Å²) in [6.45, 7) is 1.90. The van der Waals surface area contributed by atoms with Gasteiger partial charge in [-0.1, -0.05) is 17.7 Å². The second-order valence-corrected chi connectivity index (χ2v) is 6.42. The zero-order valence-corrected chi connectivity index (χ0v) is 12.8. The van der Waals surface area contributed by atoms with Gasteiger partial charge in [0.2, 0.25) is 5.75 Å². The molecule has 0 aliphatic carbocycles. The van der Waals surface area contributed by atoms with Crippen LogP contribution in [0, 0.1) is 6.92 Å². The monoisotopic (exact) mass is 323 g/mol. The second kappa shape index (κ2) is 6.09. The number of nitrogens with zero attached hydrogens (tertiary/aromatic N) is 2. The minimum atomic E-state index is -3.51. The van der Waals surface area contributed by atoms with Crippen molar-refractivity contribution < 1.29 is 28.2 Å². The standard InChI is InChI=1S/C14H16N2O4S.4H2/c1-10-4-6-11(7-5-10)21(17,18)8-12-13(19-2)14(20-3)16-9-15-12;;;;/h4-7,9H,8H2,1-3H3;4*1H/i;3*1+1D;1+1. The molecule has 0 spiro atoms. The lowest BCUT2D eigenvalue weighted by Crippen LogP contribution is -2.09. The highest BCUT2D eigenvalue weighted by molar-refractivity contribution is 7.90. The van der Waals surface area contributed by atoms with E-state index in [1.54, 1.807) is 24.3 Å². The van der Waals surface area contributed by atoms with Crippen LogP contribution in [0.15, 0.2) is 35.5 Å². The smallest absolute Gasteiger partial charge is 0.260 e. The van der Waals surface area contributed by atoms with Gasteiger partial charge in [-0.3, -0.25) is 0 Å². The lowest BCUT2D eigenvalue weighted by molar-refractivity contribution is 0.338. The first-order valence-electron chi connectivity index (χ1n) is 9.19. The Kier molecular flexibility index (Phi) is 3.34. The molecular weight excluding hydrogens is 292 g/mol. The molecule has 7 heteroatoms. The highest BCUT2D eigenvalue weighted by atomic mass is 32.2. The first-order chi connectivity index (χ1) is 13.0. The molecule has 0 saturated heterocycles. The summed E-state index contributed by atoms with van der Waals surface area (Å²) in [4.78, 5) is 8.12. The zero-order valence-electron chi connectivity index (χ0n) is 18.0. The minimum absolute atomic E-state index is 0. The topological polar surface area (TPSA) is 78.4 Å². The molecule has 120 valence electrons. The van der Waals surface area contributed by atoms with E-state index in [9.17, 15) is 8.42 Å². The summed E-state index contributed by atoms with van der Waals surface area (Å²) in [5, 5.41) is 0. The lowest BCUT2D eigenvalue weighted by atomic mass is 10.2. The van der Waals surface area contributed by atoms with Crippen LogP contribution >= 0.6 is 0 Å². The van der Waals surface area contributed by atoms with E-state index in [1.807, 2.05) is 6.92 Å². The number of sulfone groups is 1. The fourth-order valence-corrected chi connectivity index (χ4v) is 3.14. The van der Waals surface area contributed by atoms with E-state index in [4.69, 9.17) is 18.4 Å². The SMILES string of the molecule is COc1ncnc(CS(=O)(=O)c2ccc(C)cc2)c1OC.[2HH].[2H][2H].[2H][2H].[2H][2H]. The predicted molar refractivity (Wildman–Crippen MR) is 85.7 cm³/mol. The van der Waals surface area contributed by atoms with Gasteiger partial charge in [-0.2, -0.15) is 4.98 Å². The molecule has 2 aromatic rings. The first kappa shape index (κ1) is 11.5. The van der Waals surface area contributed by atoms with Gasteiger partial charge in [0.1, 0.15) is 17.8 Å². The molecule has 0 bridgehead atoms. The minimum Gasteiger partial charge on any atom is -0.490 e. The summed E-state index contributed by atoms with van der Waals surface area (Å²) in [6, 6.07) is 6.67. The Balaban J connectivity index is -0.000000815. The van der Waals surface area contributed by atoms with Gasteiger partial charge in [-0.05, 0) is 19.1 Å². The van der Waals surface area contributed by atoms with E-state index >= 15 is 0 Å². The molecule has 0 N–H and O–H groups in total. The average Bonchev–Trinajstić information content (AvgIpc) is 2.72. The molecule has 1 aromatic carbocycles. The van der Waals surface area contributed by atoms with Crippen LogP contribution in [0.5, 0.6) is 11.6 Å². The molecule has 0 radical (unpaired) electrons. The number of methoxy groups -OCH3 is 2. The molecule has 0 aliphatic heterocycles. The van der Waals surface area contributed by atoms with E-state index in [-0.39, 0.29) is 29.4 Å². The van der Waals surface area contributed by atoms with Crippen molar-refractivity contribution in [2.24, 2.45) is 0 Å². The Hall–Kier alpha value is -2.15. The third-order valence-electron chi connectivity index (χ3n) is 2.95. The molecule has 2 rings (SSSR count). The third kappa shape index (κ3) is 3.30. The number of benzene rings is 1. The van der Waals surface area contributed by atoms with Gasteiger partial charge in [0.25, 0.3) is 5.88 Å². The van der Waals surface area contributed by atoms with E-state index in [2.05, 4.69) is 9.97 Å². The van der Waals surface area contributed by atoms with E-state index in [0.29, 0.717) is 0 Å². The van der Waals surface area contributed by atoms with Crippen molar-refractivity contribution in [2.45, 2.75) is 17.6 Å². The Morgan fingerprint density at radius 1 is 1.14 bits per heavy atom. The van der Waals surface area contributed by atoms with Crippen molar-refractivity contribution in [1.82, 2.24) is 9.97 Å². The van der Waals surface area contributed by atoms with Crippen molar-refractivity contribution in [1.29, 1.82) is 0 Å². The van der Waals surface area contributed by atoms with E-state index in [0.717, 1.165) is 5.56 Å². The number of hydrogen-bond donors (Lipinski definition) is 0. The highest BCUT2D eigenvalue weighted by Gasteiger charge is 2.21. The molecule has 0 unspecified atom stereocenters. The maximum absolute atomic E-state index is 12.4. The maximum atomic E-state index is 12.4. The third-order valence-corrected chi connectivity index (χ3v) is 4.59. The predicted octanol–water partition coefficient (Wildman–Crippen LogP) is 2.76. The quantitative estimate of drug-likeness (QED) is 0.842. The van der Waals surface area contributed by atoms with Crippen LogP contribution in [0.1, 0.15) is 21.6 Å². The van der Waals surface area contributed by atoms with Crippen molar-refractivity contribution >= 4 is 9.84 Å². The molecule has 1 heterocycles. The van der Waals surface area contributed by atoms with Crippen LogP contribution in [0.3, 0.4) is 0 Å². The molecule has 1 aromatic heterocycles. The summed E-state index contributed by atoms with van der Waals surface area (Å²) in [5.74, 6) is 0.162. The number of ether oxygens (including phenoxy) is 2. The summed E-state index contributed by atoms with van der Waals surface area (Å²) in [5.41, 5.74) is 1.26. The molecule has 0 aliphatic rings. The van der Waals surface area contributed by atoms with Gasteiger partial charge >= 0.3 is 0 Å². The molecule has 0 fully saturated rings. The van der Waals surface area contributed by atoms with Crippen LogP contribution in [0.4, 0.5) is 0 Å². The molecule has 0 amide bonds. The van der Waals surface area contributed by atoms with Gasteiger partial charge < -0.3 is 9.47 Å². The van der Waals surface area contributed by atoms with E-state index in [1.165, 1.54) is 20.5 Å². The Labute approximate surface area is 134 Å². The Bertz CT molecular complexity index is 750. The molecule has 6 nitrogen and oxygen atoms in total. The highest BCUT2D eigenvalue weighted by Crippen LogP contribution is 2.29. The van der Waals surface area contributed by atoms with Crippen LogP contribution in [0.2, 0.25) is 0 Å². The lowest BCUT2D eigenvalue weighted by Gasteiger charge is -2.11. The summed E-state index contributed by atoms with van der Waals surface area (Å²) in [6.07, 6.45) is 1.25. The van der Waals surface area contributed by atoms with Gasteiger partial charge in [0.05, 0.1) is 19.1 Å². The number of rotatable bonds is 5. The molecule has 21 heavy (non-hydrogen) atoms. The van der Waals surface area contributed by atoms with Crippen molar-refractivity contribution in [3.05, 3.63) is 41.9 Å². The Morgan fingerprint density at radius 3 is 2.38 bits per heavy atom. The van der Waals surface area contributed by atoms with E-state index < -0.39 is 9.84 Å². The van der Waals surface area contributed by atoms with Crippen molar-refractivity contribution in [3.8, 4) is 11.6 Å². The van der Waals surface area contributed by atoms with Crippen LogP contribution in [0.25, 0.3) is 0 Å². The van der Waals surface area contributed by atoms with Crippen LogP contribution < -0.4 is 9.47 Å². The fraction of sp³-hybridized carbons (Fsp3) is 0.286. The molecule has 0 atom stereocenters. The summed E-state index contributed by atoms with van der Waals surface area (Å²) >= 11 is 0. The number of aryl methyl sites for hydroxylation is 1. The molecule has 0 saturated carbocycles. The average molecular weight is 323 g/mol. The largest absolute Gasteiger partial charge is 0.490 e. The van der Waals surface area contributed by atoms with Gasteiger partial charge in [0.15, 0.2) is 9.84 Å². The Morgan fingerprint density at radius 2 is 1.81 bits per heavy atom. The second-order valence-electron chi connectivity index (χ2n) is 4.44. The number of hydrogen-bond acceptors (Lipinski definition) is 6. The van der Waals surface area contributed by atoms with Crippen LogP contribution in [-0.2, 0) is 15.6 Å². The first-order valence-corrected chi connectivity index (χ1v) is 7.84. The van der Waals surface area contributed by atoms with Gasteiger partial charge in [0, 0.05) is 10.3 Å². The summed E-state index contributed by atoms with van der Waals surface area (Å²) < 4.78 is 65.0. The van der Waals surface area contributed by atoms with Crippen LogP contribution in [-0.4, -0.2) is 32.6 Å². The van der Waals surface area contributed by atoms with Crippen molar-refractivity contribution in [2.75, 3.05) is 14.2 Å². The maximum Gasteiger partial charge on any atom is 0.260 e. The number of aromatic nitrogens is 2. The molecular formula is C14H24N2O4S. The van der Waals surface area contributed by atoms with Gasteiger partial charge in [-0.25, -0.2) is 13.4 Å². The van der Waals surface area contributed by atoms with Gasteiger partial charge in [-0.15, -0.1) is 0 Å². The zero-order chi connectivity index (χ0) is 21.5. The fourth-order valence-electron chi connectivity index (χ4n) is 1.85. The summed E-state index contributed by atoms with van der Waals surface area (Å²) in [7, 11) is -0.660.